The molecule has 1 fully saturated rings. The summed E-state index contributed by atoms with van der Waals surface area (Å²) in [7, 11) is 0. The summed E-state index contributed by atoms with van der Waals surface area (Å²) in [6.45, 7) is 5.23. The molecule has 0 amide bonds. The van der Waals surface area contributed by atoms with Crippen molar-refractivity contribution >= 4 is 17.3 Å². The fraction of sp³-hybridized carbons (Fsp3) is 0.296. The number of non-ortho nitro benzene ring substituents is 2. The van der Waals surface area contributed by atoms with E-state index in [1.54, 1.807) is 20.8 Å². The van der Waals surface area contributed by atoms with Gasteiger partial charge in [-0.05, 0) is 56.2 Å². The molecule has 0 aliphatic carbocycles. The molecule has 0 N–H and O–H groups in total. The number of carbonyl (C=O) groups is 1. The third-order valence-corrected chi connectivity index (χ3v) is 5.84. The van der Waals surface area contributed by atoms with E-state index in [4.69, 9.17) is 14.2 Å². The van der Waals surface area contributed by atoms with Crippen LogP contribution in [0, 0.1) is 20.2 Å². The molecule has 1 aliphatic heterocycles. The highest BCUT2D eigenvalue weighted by molar-refractivity contribution is 5.82. The maximum atomic E-state index is 13.8. The minimum absolute atomic E-state index is 0.0912. The van der Waals surface area contributed by atoms with Gasteiger partial charge in [-0.1, -0.05) is 30.3 Å². The van der Waals surface area contributed by atoms with Crippen LogP contribution in [0.3, 0.4) is 0 Å². The van der Waals surface area contributed by atoms with Gasteiger partial charge in [0.15, 0.2) is 6.29 Å². The van der Waals surface area contributed by atoms with Gasteiger partial charge in [-0.3, -0.25) is 20.2 Å². The standard InChI is InChI=1S/C27H26N2O8/c1-26(2,3)37-25(30)27(17-18-7-5-4-6-8-18)23(19-9-13-21(14-10-19)28(31)32)35-24(36-27)20-11-15-22(16-12-20)29(33)34/h4-16,23-24H,17H2,1-3H3/t23-,24-,27-/m1/s1. The zero-order chi connectivity index (χ0) is 26.8. The van der Waals surface area contributed by atoms with Crippen molar-refractivity contribution < 1.29 is 28.9 Å². The molecule has 3 aromatic rings. The lowest BCUT2D eigenvalue weighted by atomic mass is 9.85. The molecule has 10 nitrogen and oxygen atoms in total. The van der Waals surface area contributed by atoms with Gasteiger partial charge in [0, 0.05) is 36.2 Å². The highest BCUT2D eigenvalue weighted by Gasteiger charge is 2.58. The predicted molar refractivity (Wildman–Crippen MR) is 133 cm³/mol. The number of benzene rings is 3. The van der Waals surface area contributed by atoms with E-state index in [1.165, 1.54) is 48.5 Å². The molecule has 0 saturated carbocycles. The molecule has 1 saturated heterocycles. The predicted octanol–water partition coefficient (Wildman–Crippen LogP) is 5.61. The normalized spacial score (nSPS) is 21.4. The van der Waals surface area contributed by atoms with E-state index in [0.717, 1.165) is 5.56 Å². The van der Waals surface area contributed by atoms with Crippen LogP contribution in [0.5, 0.6) is 0 Å². The zero-order valence-electron chi connectivity index (χ0n) is 20.5. The monoisotopic (exact) mass is 506 g/mol. The Morgan fingerprint density at radius 1 is 0.865 bits per heavy atom. The van der Waals surface area contributed by atoms with Crippen LogP contribution in [-0.2, 0) is 25.4 Å². The third kappa shape index (κ3) is 5.65. The van der Waals surface area contributed by atoms with Crippen molar-refractivity contribution in [2.45, 2.75) is 50.8 Å². The lowest BCUT2D eigenvalue weighted by Crippen LogP contribution is -2.49. The maximum absolute atomic E-state index is 13.8. The number of ether oxygens (including phenoxy) is 3. The molecule has 10 heteroatoms. The fourth-order valence-electron chi connectivity index (χ4n) is 4.16. The van der Waals surface area contributed by atoms with Crippen LogP contribution in [0.15, 0.2) is 78.9 Å². The zero-order valence-corrected chi connectivity index (χ0v) is 20.5. The van der Waals surface area contributed by atoms with Crippen LogP contribution in [0.2, 0.25) is 0 Å². The van der Waals surface area contributed by atoms with Crippen molar-refractivity contribution in [1.82, 2.24) is 0 Å². The van der Waals surface area contributed by atoms with Gasteiger partial charge in [0.1, 0.15) is 11.7 Å². The van der Waals surface area contributed by atoms with Crippen molar-refractivity contribution in [3.05, 3.63) is 116 Å². The number of nitro benzene ring substituents is 2. The van der Waals surface area contributed by atoms with Gasteiger partial charge in [0.05, 0.1) is 9.85 Å². The summed E-state index contributed by atoms with van der Waals surface area (Å²) < 4.78 is 18.5. The molecule has 0 spiro atoms. The number of hydrogen-bond acceptors (Lipinski definition) is 8. The summed E-state index contributed by atoms with van der Waals surface area (Å²) in [5, 5.41) is 22.3. The summed E-state index contributed by atoms with van der Waals surface area (Å²) in [5.41, 5.74) is -0.967. The first-order valence-corrected chi connectivity index (χ1v) is 11.6. The van der Waals surface area contributed by atoms with E-state index in [2.05, 4.69) is 0 Å². The Morgan fingerprint density at radius 2 is 1.38 bits per heavy atom. The molecule has 3 atom stereocenters. The molecular weight excluding hydrogens is 480 g/mol. The molecule has 192 valence electrons. The van der Waals surface area contributed by atoms with E-state index in [1.807, 2.05) is 30.3 Å². The molecule has 4 rings (SSSR count). The van der Waals surface area contributed by atoms with Gasteiger partial charge in [-0.25, -0.2) is 4.79 Å². The minimum atomic E-state index is -1.66. The molecule has 1 heterocycles. The lowest BCUT2D eigenvalue weighted by Gasteiger charge is -2.33. The fourth-order valence-corrected chi connectivity index (χ4v) is 4.16. The Morgan fingerprint density at radius 3 is 1.86 bits per heavy atom. The van der Waals surface area contributed by atoms with E-state index < -0.39 is 39.4 Å². The Labute approximate surface area is 213 Å². The lowest BCUT2D eigenvalue weighted by molar-refractivity contribution is -0.385. The van der Waals surface area contributed by atoms with E-state index in [-0.39, 0.29) is 17.8 Å². The summed E-state index contributed by atoms with van der Waals surface area (Å²) in [6.07, 6.45) is -1.96. The first kappa shape index (κ1) is 25.9. The number of nitrogens with zero attached hydrogens (tertiary/aromatic N) is 2. The number of esters is 1. The van der Waals surface area contributed by atoms with Crippen molar-refractivity contribution in [2.75, 3.05) is 0 Å². The minimum Gasteiger partial charge on any atom is -0.458 e. The van der Waals surface area contributed by atoms with Crippen molar-refractivity contribution in [3.63, 3.8) is 0 Å². The average molecular weight is 507 g/mol. The second-order valence-corrected chi connectivity index (χ2v) is 9.72. The van der Waals surface area contributed by atoms with Crippen LogP contribution in [0.25, 0.3) is 0 Å². The highest BCUT2D eigenvalue weighted by atomic mass is 16.8. The van der Waals surface area contributed by atoms with Crippen molar-refractivity contribution in [1.29, 1.82) is 0 Å². The second kappa shape index (κ2) is 10.1. The first-order valence-electron chi connectivity index (χ1n) is 11.6. The van der Waals surface area contributed by atoms with Gasteiger partial charge in [-0.2, -0.15) is 0 Å². The summed E-state index contributed by atoms with van der Waals surface area (Å²) in [5.74, 6) is -0.656. The average Bonchev–Trinajstić information content (AvgIpc) is 3.24. The van der Waals surface area contributed by atoms with Gasteiger partial charge < -0.3 is 14.2 Å². The molecule has 0 radical (unpaired) electrons. The maximum Gasteiger partial charge on any atom is 0.342 e. The SMILES string of the molecule is CC(C)(C)OC(=O)[C@]1(Cc2ccccc2)O[C@H](c2ccc([N+](=O)[O-])cc2)O[C@@H]1c1ccc([N+](=O)[O-])cc1. The quantitative estimate of drug-likeness (QED) is 0.229. The molecule has 0 aromatic heterocycles. The molecule has 3 aromatic carbocycles. The van der Waals surface area contributed by atoms with E-state index in [9.17, 15) is 25.0 Å². The van der Waals surface area contributed by atoms with Crippen LogP contribution < -0.4 is 0 Å². The Kier molecular flexibility index (Phi) is 7.06. The Hall–Kier alpha value is -4.15. The van der Waals surface area contributed by atoms with Gasteiger partial charge >= 0.3 is 5.97 Å². The molecule has 37 heavy (non-hydrogen) atoms. The largest absolute Gasteiger partial charge is 0.458 e. The van der Waals surface area contributed by atoms with Crippen LogP contribution in [0.4, 0.5) is 11.4 Å². The summed E-state index contributed by atoms with van der Waals surface area (Å²) in [6, 6.07) is 20.6. The topological polar surface area (TPSA) is 131 Å². The van der Waals surface area contributed by atoms with Crippen molar-refractivity contribution in [3.8, 4) is 0 Å². The smallest absolute Gasteiger partial charge is 0.342 e. The van der Waals surface area contributed by atoms with Gasteiger partial charge in [0.2, 0.25) is 5.60 Å². The van der Waals surface area contributed by atoms with Gasteiger partial charge in [-0.15, -0.1) is 0 Å². The molecule has 0 bridgehead atoms. The van der Waals surface area contributed by atoms with Crippen LogP contribution in [0.1, 0.15) is 49.9 Å². The van der Waals surface area contributed by atoms with Crippen LogP contribution >= 0.6 is 0 Å². The van der Waals surface area contributed by atoms with Crippen LogP contribution in [-0.4, -0.2) is 27.0 Å². The summed E-state index contributed by atoms with van der Waals surface area (Å²) >= 11 is 0. The third-order valence-electron chi connectivity index (χ3n) is 5.84. The summed E-state index contributed by atoms with van der Waals surface area (Å²) in [4.78, 5) is 35.1. The number of nitro groups is 2. The van der Waals surface area contributed by atoms with E-state index in [0.29, 0.717) is 11.1 Å². The highest BCUT2D eigenvalue weighted by Crippen LogP contribution is 2.50. The van der Waals surface area contributed by atoms with E-state index >= 15 is 0 Å². The number of rotatable bonds is 7. The molecule has 0 unspecified atom stereocenters. The first-order chi connectivity index (χ1) is 17.5. The second-order valence-electron chi connectivity index (χ2n) is 9.72. The number of carbonyl (C=O) groups excluding carboxylic acids is 1. The molecular formula is C27H26N2O8. The molecule has 1 aliphatic rings. The van der Waals surface area contributed by atoms with Gasteiger partial charge in [0.25, 0.3) is 11.4 Å². The Bertz CT molecular complexity index is 1290. The van der Waals surface area contributed by atoms with Crippen molar-refractivity contribution in [2.24, 2.45) is 0 Å². The Balaban J connectivity index is 1.82. The number of hydrogen-bond donors (Lipinski definition) is 0.